The van der Waals surface area contributed by atoms with Gasteiger partial charge in [0.15, 0.2) is 6.39 Å². The predicted octanol–water partition coefficient (Wildman–Crippen LogP) is 2.76. The van der Waals surface area contributed by atoms with Crippen LogP contribution in [-0.2, 0) is 13.0 Å². The summed E-state index contributed by atoms with van der Waals surface area (Å²) in [6.45, 7) is 9.52. The first kappa shape index (κ1) is 12.2. The van der Waals surface area contributed by atoms with E-state index in [1.54, 1.807) is 6.39 Å². The van der Waals surface area contributed by atoms with Crippen molar-refractivity contribution in [1.82, 2.24) is 10.3 Å². The maximum absolute atomic E-state index is 5.40. The standard InChI is InChI=1S/C12H22N2O/c1-9(2)5-6-12-11(14-8-15-12)7-13-10(3)4/h8-10,13H,5-7H2,1-4H3. The third-order valence-corrected chi connectivity index (χ3v) is 2.35. The lowest BCUT2D eigenvalue weighted by Gasteiger charge is -2.07. The monoisotopic (exact) mass is 210 g/mol. The minimum absolute atomic E-state index is 0.486. The van der Waals surface area contributed by atoms with Gasteiger partial charge in [0.2, 0.25) is 0 Å². The molecule has 0 aromatic carbocycles. The van der Waals surface area contributed by atoms with Crippen molar-refractivity contribution in [2.24, 2.45) is 5.92 Å². The Morgan fingerprint density at radius 3 is 2.67 bits per heavy atom. The van der Waals surface area contributed by atoms with Gasteiger partial charge in [-0.2, -0.15) is 0 Å². The zero-order valence-corrected chi connectivity index (χ0v) is 10.2. The lowest BCUT2D eigenvalue weighted by molar-refractivity contribution is 0.465. The minimum atomic E-state index is 0.486. The number of nitrogens with zero attached hydrogens (tertiary/aromatic N) is 1. The molecule has 0 saturated heterocycles. The summed E-state index contributed by atoms with van der Waals surface area (Å²) in [5.41, 5.74) is 1.06. The molecule has 0 atom stereocenters. The van der Waals surface area contributed by atoms with Crippen molar-refractivity contribution in [3.63, 3.8) is 0 Å². The topological polar surface area (TPSA) is 38.1 Å². The average Bonchev–Trinajstić information content (AvgIpc) is 2.58. The molecule has 3 nitrogen and oxygen atoms in total. The van der Waals surface area contributed by atoms with Gasteiger partial charge in [0.1, 0.15) is 5.76 Å². The van der Waals surface area contributed by atoms with Crippen molar-refractivity contribution < 1.29 is 4.42 Å². The van der Waals surface area contributed by atoms with Crippen molar-refractivity contribution in [3.8, 4) is 0 Å². The van der Waals surface area contributed by atoms with Gasteiger partial charge in [-0.15, -0.1) is 0 Å². The Hall–Kier alpha value is -0.830. The summed E-state index contributed by atoms with van der Waals surface area (Å²) in [5.74, 6) is 1.75. The van der Waals surface area contributed by atoms with Crippen LogP contribution in [0.4, 0.5) is 0 Å². The van der Waals surface area contributed by atoms with Gasteiger partial charge >= 0.3 is 0 Å². The summed E-state index contributed by atoms with van der Waals surface area (Å²) < 4.78 is 5.40. The van der Waals surface area contributed by atoms with E-state index in [1.165, 1.54) is 0 Å². The van der Waals surface area contributed by atoms with E-state index in [2.05, 4.69) is 38.0 Å². The molecule has 1 aromatic rings. The van der Waals surface area contributed by atoms with Crippen LogP contribution >= 0.6 is 0 Å². The Kier molecular flexibility index (Phi) is 4.82. The maximum Gasteiger partial charge on any atom is 0.181 e. The van der Waals surface area contributed by atoms with Gasteiger partial charge in [-0.05, 0) is 12.3 Å². The van der Waals surface area contributed by atoms with Crippen LogP contribution in [0.1, 0.15) is 45.6 Å². The molecule has 0 radical (unpaired) electrons. The minimum Gasteiger partial charge on any atom is -0.448 e. The van der Waals surface area contributed by atoms with E-state index < -0.39 is 0 Å². The van der Waals surface area contributed by atoms with Gasteiger partial charge in [-0.1, -0.05) is 27.7 Å². The molecule has 15 heavy (non-hydrogen) atoms. The van der Waals surface area contributed by atoms with E-state index in [9.17, 15) is 0 Å². The first-order valence-corrected chi connectivity index (χ1v) is 5.74. The van der Waals surface area contributed by atoms with Crippen LogP contribution in [0.3, 0.4) is 0 Å². The Morgan fingerprint density at radius 1 is 1.33 bits per heavy atom. The molecular weight excluding hydrogens is 188 g/mol. The summed E-state index contributed by atoms with van der Waals surface area (Å²) in [6, 6.07) is 0.486. The Labute approximate surface area is 92.3 Å². The highest BCUT2D eigenvalue weighted by atomic mass is 16.3. The van der Waals surface area contributed by atoms with Gasteiger partial charge in [0, 0.05) is 19.0 Å². The first-order valence-electron chi connectivity index (χ1n) is 5.74. The molecule has 0 bridgehead atoms. The average molecular weight is 210 g/mol. The Bertz CT molecular complexity index is 252. The SMILES string of the molecule is CC(C)CCc1ocnc1CNC(C)C. The fourth-order valence-corrected chi connectivity index (χ4v) is 1.36. The summed E-state index contributed by atoms with van der Waals surface area (Å²) in [4.78, 5) is 4.24. The van der Waals surface area contributed by atoms with Crippen molar-refractivity contribution in [3.05, 3.63) is 17.8 Å². The number of oxazole rings is 1. The van der Waals surface area contributed by atoms with Crippen molar-refractivity contribution in [1.29, 1.82) is 0 Å². The molecule has 1 heterocycles. The normalized spacial score (nSPS) is 11.6. The zero-order valence-electron chi connectivity index (χ0n) is 10.2. The smallest absolute Gasteiger partial charge is 0.181 e. The van der Waals surface area contributed by atoms with Crippen LogP contribution < -0.4 is 5.32 Å². The molecule has 0 saturated carbocycles. The molecule has 3 heteroatoms. The third kappa shape index (κ3) is 4.47. The fraction of sp³-hybridized carbons (Fsp3) is 0.750. The molecule has 86 valence electrons. The number of aryl methyl sites for hydroxylation is 1. The molecule has 0 aliphatic heterocycles. The van der Waals surface area contributed by atoms with Gasteiger partial charge in [-0.25, -0.2) is 4.98 Å². The molecule has 1 aromatic heterocycles. The number of rotatable bonds is 6. The molecule has 0 aliphatic rings. The summed E-state index contributed by atoms with van der Waals surface area (Å²) >= 11 is 0. The molecule has 0 unspecified atom stereocenters. The Morgan fingerprint density at radius 2 is 2.07 bits per heavy atom. The number of nitrogens with one attached hydrogen (secondary N) is 1. The second-order valence-electron chi connectivity index (χ2n) is 4.69. The summed E-state index contributed by atoms with van der Waals surface area (Å²) in [7, 11) is 0. The molecule has 0 fully saturated rings. The molecule has 0 spiro atoms. The van der Waals surface area contributed by atoms with E-state index in [-0.39, 0.29) is 0 Å². The zero-order chi connectivity index (χ0) is 11.3. The highest BCUT2D eigenvalue weighted by Crippen LogP contribution is 2.12. The van der Waals surface area contributed by atoms with Crippen LogP contribution in [-0.4, -0.2) is 11.0 Å². The van der Waals surface area contributed by atoms with Crippen LogP contribution in [0.15, 0.2) is 10.8 Å². The van der Waals surface area contributed by atoms with Gasteiger partial charge < -0.3 is 9.73 Å². The quantitative estimate of drug-likeness (QED) is 0.784. The van der Waals surface area contributed by atoms with E-state index in [0.717, 1.165) is 30.8 Å². The number of aromatic nitrogens is 1. The van der Waals surface area contributed by atoms with Crippen LogP contribution in [0, 0.1) is 5.92 Å². The largest absolute Gasteiger partial charge is 0.448 e. The molecule has 1 N–H and O–H groups in total. The van der Waals surface area contributed by atoms with E-state index >= 15 is 0 Å². The second kappa shape index (κ2) is 5.91. The number of hydrogen-bond donors (Lipinski definition) is 1. The molecule has 0 aliphatic carbocycles. The lowest BCUT2D eigenvalue weighted by atomic mass is 10.1. The van der Waals surface area contributed by atoms with E-state index in [4.69, 9.17) is 4.42 Å². The second-order valence-corrected chi connectivity index (χ2v) is 4.69. The molecule has 0 amide bonds. The van der Waals surface area contributed by atoms with Gasteiger partial charge in [-0.3, -0.25) is 0 Å². The van der Waals surface area contributed by atoms with Gasteiger partial charge in [0.25, 0.3) is 0 Å². The van der Waals surface area contributed by atoms with Crippen molar-refractivity contribution >= 4 is 0 Å². The lowest BCUT2D eigenvalue weighted by Crippen LogP contribution is -2.22. The highest BCUT2D eigenvalue weighted by molar-refractivity contribution is 5.07. The highest BCUT2D eigenvalue weighted by Gasteiger charge is 2.08. The maximum atomic E-state index is 5.40. The molecule has 1 rings (SSSR count). The van der Waals surface area contributed by atoms with Crippen LogP contribution in [0.25, 0.3) is 0 Å². The number of hydrogen-bond acceptors (Lipinski definition) is 3. The van der Waals surface area contributed by atoms with E-state index in [1.807, 2.05) is 0 Å². The van der Waals surface area contributed by atoms with Gasteiger partial charge in [0.05, 0.1) is 5.69 Å². The Balaban J connectivity index is 2.46. The van der Waals surface area contributed by atoms with Crippen LogP contribution in [0.5, 0.6) is 0 Å². The predicted molar refractivity (Wildman–Crippen MR) is 61.6 cm³/mol. The summed E-state index contributed by atoms with van der Waals surface area (Å²) in [5, 5.41) is 3.35. The van der Waals surface area contributed by atoms with Crippen LogP contribution in [0.2, 0.25) is 0 Å². The van der Waals surface area contributed by atoms with Crippen molar-refractivity contribution in [2.75, 3.05) is 0 Å². The summed E-state index contributed by atoms with van der Waals surface area (Å²) in [6.07, 6.45) is 3.70. The first-order chi connectivity index (χ1) is 7.09. The molecular formula is C12H22N2O. The van der Waals surface area contributed by atoms with E-state index in [0.29, 0.717) is 12.0 Å². The fourth-order valence-electron chi connectivity index (χ4n) is 1.36. The van der Waals surface area contributed by atoms with Crippen molar-refractivity contribution in [2.45, 2.75) is 53.1 Å². The third-order valence-electron chi connectivity index (χ3n) is 2.35.